The Morgan fingerprint density at radius 1 is 1.04 bits per heavy atom. The molecule has 2 rings (SSSR count). The van der Waals surface area contributed by atoms with Crippen LogP contribution < -0.4 is 14.8 Å². The quantitative estimate of drug-likeness (QED) is 0.838. The Hall–Kier alpha value is -2.38. The van der Waals surface area contributed by atoms with E-state index in [-0.39, 0.29) is 17.4 Å². The van der Waals surface area contributed by atoms with Crippen LogP contribution in [0, 0.1) is 13.8 Å². The standard InChI is InChI=1S/C17H20N2O4S/c1-12-8-13(2)10-15(9-12)23-11-17(20)19-14-4-6-16(7-5-14)24(21,22)18-3/h4-10,18H,11H2,1-3H3,(H,19,20). The molecule has 0 bridgehead atoms. The average Bonchev–Trinajstić information content (AvgIpc) is 2.52. The molecule has 0 saturated heterocycles. The Balaban J connectivity index is 1.95. The van der Waals surface area contributed by atoms with Gasteiger partial charge in [-0.2, -0.15) is 0 Å². The van der Waals surface area contributed by atoms with Gasteiger partial charge in [0.1, 0.15) is 5.75 Å². The van der Waals surface area contributed by atoms with Crippen molar-refractivity contribution in [3.05, 3.63) is 53.6 Å². The zero-order valence-corrected chi connectivity index (χ0v) is 14.6. The maximum atomic E-state index is 11.9. The Bertz CT molecular complexity index is 810. The first-order valence-electron chi connectivity index (χ1n) is 7.35. The van der Waals surface area contributed by atoms with E-state index < -0.39 is 10.0 Å². The molecule has 0 aliphatic rings. The van der Waals surface area contributed by atoms with Gasteiger partial charge in [-0.25, -0.2) is 13.1 Å². The molecule has 0 unspecified atom stereocenters. The number of hydrogen-bond donors (Lipinski definition) is 2. The lowest BCUT2D eigenvalue weighted by molar-refractivity contribution is -0.118. The Morgan fingerprint density at radius 2 is 1.62 bits per heavy atom. The lowest BCUT2D eigenvalue weighted by Crippen LogP contribution is -2.21. The number of aryl methyl sites for hydroxylation is 2. The number of anilines is 1. The summed E-state index contributed by atoms with van der Waals surface area (Å²) in [5, 5.41) is 2.66. The van der Waals surface area contributed by atoms with E-state index in [9.17, 15) is 13.2 Å². The van der Waals surface area contributed by atoms with E-state index in [1.165, 1.54) is 31.3 Å². The fourth-order valence-corrected chi connectivity index (χ4v) is 2.93. The van der Waals surface area contributed by atoms with Gasteiger partial charge < -0.3 is 10.1 Å². The van der Waals surface area contributed by atoms with E-state index in [1.807, 2.05) is 32.0 Å². The summed E-state index contributed by atoms with van der Waals surface area (Å²) >= 11 is 0. The lowest BCUT2D eigenvalue weighted by Gasteiger charge is -2.09. The van der Waals surface area contributed by atoms with Crippen LogP contribution in [0.25, 0.3) is 0 Å². The number of sulfonamides is 1. The lowest BCUT2D eigenvalue weighted by atomic mass is 10.1. The van der Waals surface area contributed by atoms with Crippen LogP contribution in [0.3, 0.4) is 0 Å². The summed E-state index contributed by atoms with van der Waals surface area (Å²) in [6.07, 6.45) is 0. The molecule has 0 aliphatic carbocycles. The highest BCUT2D eigenvalue weighted by Crippen LogP contribution is 2.17. The van der Waals surface area contributed by atoms with Crippen molar-refractivity contribution in [3.8, 4) is 5.75 Å². The molecule has 0 radical (unpaired) electrons. The first-order chi connectivity index (χ1) is 11.3. The first-order valence-corrected chi connectivity index (χ1v) is 8.83. The summed E-state index contributed by atoms with van der Waals surface area (Å²) in [7, 11) is -2.14. The number of rotatable bonds is 6. The third-order valence-electron chi connectivity index (χ3n) is 3.28. The summed E-state index contributed by atoms with van der Waals surface area (Å²) < 4.78 is 31.0. The van der Waals surface area contributed by atoms with Crippen molar-refractivity contribution in [1.29, 1.82) is 0 Å². The predicted molar refractivity (Wildman–Crippen MR) is 92.7 cm³/mol. The van der Waals surface area contributed by atoms with Crippen molar-refractivity contribution in [2.45, 2.75) is 18.7 Å². The summed E-state index contributed by atoms with van der Waals surface area (Å²) in [5.74, 6) is 0.316. The predicted octanol–water partition coefficient (Wildman–Crippen LogP) is 2.23. The Morgan fingerprint density at radius 3 is 2.17 bits per heavy atom. The maximum absolute atomic E-state index is 11.9. The molecule has 0 atom stereocenters. The molecule has 2 aromatic rings. The van der Waals surface area contributed by atoms with Crippen molar-refractivity contribution in [3.63, 3.8) is 0 Å². The van der Waals surface area contributed by atoms with Gasteiger partial charge in [0.2, 0.25) is 10.0 Å². The third-order valence-corrected chi connectivity index (χ3v) is 4.71. The number of carbonyl (C=O) groups is 1. The molecule has 0 heterocycles. The molecular weight excluding hydrogens is 328 g/mol. The minimum absolute atomic E-state index is 0.126. The minimum Gasteiger partial charge on any atom is -0.484 e. The van der Waals surface area contributed by atoms with Gasteiger partial charge in [-0.1, -0.05) is 6.07 Å². The van der Waals surface area contributed by atoms with E-state index >= 15 is 0 Å². The van der Waals surface area contributed by atoms with Gasteiger partial charge in [-0.3, -0.25) is 4.79 Å². The van der Waals surface area contributed by atoms with Gasteiger partial charge in [0.15, 0.2) is 6.61 Å². The van der Waals surface area contributed by atoms with E-state index in [0.717, 1.165) is 11.1 Å². The average molecular weight is 348 g/mol. The van der Waals surface area contributed by atoms with Crippen LogP contribution in [0.5, 0.6) is 5.75 Å². The topological polar surface area (TPSA) is 84.5 Å². The van der Waals surface area contributed by atoms with E-state index in [4.69, 9.17) is 4.74 Å². The van der Waals surface area contributed by atoms with E-state index in [0.29, 0.717) is 11.4 Å². The molecule has 1 amide bonds. The van der Waals surface area contributed by atoms with Crippen LogP contribution >= 0.6 is 0 Å². The highest BCUT2D eigenvalue weighted by molar-refractivity contribution is 7.89. The van der Waals surface area contributed by atoms with Gasteiger partial charge in [0.05, 0.1) is 4.90 Å². The minimum atomic E-state index is -3.49. The third kappa shape index (κ3) is 4.81. The molecule has 24 heavy (non-hydrogen) atoms. The van der Waals surface area contributed by atoms with Crippen molar-refractivity contribution in [2.75, 3.05) is 19.0 Å². The van der Waals surface area contributed by atoms with Crippen molar-refractivity contribution in [2.24, 2.45) is 0 Å². The summed E-state index contributed by atoms with van der Waals surface area (Å²) in [6, 6.07) is 11.6. The highest BCUT2D eigenvalue weighted by Gasteiger charge is 2.11. The van der Waals surface area contributed by atoms with Gasteiger partial charge in [0, 0.05) is 5.69 Å². The molecule has 0 spiro atoms. The Labute approximate surface area is 141 Å². The number of benzene rings is 2. The van der Waals surface area contributed by atoms with E-state index in [1.54, 1.807) is 0 Å². The fraction of sp³-hybridized carbons (Fsp3) is 0.235. The monoisotopic (exact) mass is 348 g/mol. The second-order valence-electron chi connectivity index (χ2n) is 5.39. The molecule has 0 fully saturated rings. The van der Waals surface area contributed by atoms with Gasteiger partial charge in [0.25, 0.3) is 5.91 Å². The maximum Gasteiger partial charge on any atom is 0.262 e. The largest absolute Gasteiger partial charge is 0.484 e. The summed E-state index contributed by atoms with van der Waals surface area (Å²) in [6.45, 7) is 3.79. The molecule has 0 aliphatic heterocycles. The van der Waals surface area contributed by atoms with Crippen LogP contribution in [0.2, 0.25) is 0 Å². The van der Waals surface area contributed by atoms with Crippen molar-refractivity contribution in [1.82, 2.24) is 4.72 Å². The molecule has 0 saturated carbocycles. The van der Waals surface area contributed by atoms with Crippen LogP contribution in [0.15, 0.2) is 47.4 Å². The van der Waals surface area contributed by atoms with Crippen LogP contribution in [-0.4, -0.2) is 28.0 Å². The Kier molecular flexibility index (Phi) is 5.58. The zero-order chi connectivity index (χ0) is 17.7. The molecule has 2 N–H and O–H groups in total. The van der Waals surface area contributed by atoms with E-state index in [2.05, 4.69) is 10.0 Å². The summed E-state index contributed by atoms with van der Waals surface area (Å²) in [5.41, 5.74) is 2.62. The second-order valence-corrected chi connectivity index (χ2v) is 7.28. The molecular formula is C17H20N2O4S. The number of carbonyl (C=O) groups excluding carboxylic acids is 1. The van der Waals surface area contributed by atoms with Gasteiger partial charge in [-0.05, 0) is 68.4 Å². The molecule has 128 valence electrons. The summed E-state index contributed by atoms with van der Waals surface area (Å²) in [4.78, 5) is 12.1. The normalized spacial score (nSPS) is 11.1. The second kappa shape index (κ2) is 7.46. The molecule has 0 aromatic heterocycles. The number of ether oxygens (including phenoxy) is 1. The smallest absolute Gasteiger partial charge is 0.262 e. The molecule has 7 heteroatoms. The van der Waals surface area contributed by atoms with Crippen LogP contribution in [-0.2, 0) is 14.8 Å². The number of nitrogens with one attached hydrogen (secondary N) is 2. The van der Waals surface area contributed by atoms with Gasteiger partial charge in [-0.15, -0.1) is 0 Å². The van der Waals surface area contributed by atoms with Crippen LogP contribution in [0.1, 0.15) is 11.1 Å². The van der Waals surface area contributed by atoms with Crippen LogP contribution in [0.4, 0.5) is 5.69 Å². The molecule has 2 aromatic carbocycles. The number of amides is 1. The highest BCUT2D eigenvalue weighted by atomic mass is 32.2. The molecule has 6 nitrogen and oxygen atoms in total. The van der Waals surface area contributed by atoms with Crippen molar-refractivity contribution >= 4 is 21.6 Å². The zero-order valence-electron chi connectivity index (χ0n) is 13.8. The first kappa shape index (κ1) is 18.0. The van der Waals surface area contributed by atoms with Crippen molar-refractivity contribution < 1.29 is 17.9 Å². The van der Waals surface area contributed by atoms with Gasteiger partial charge >= 0.3 is 0 Å². The SMILES string of the molecule is CNS(=O)(=O)c1ccc(NC(=O)COc2cc(C)cc(C)c2)cc1. The fourth-order valence-electron chi connectivity index (χ4n) is 2.20. The number of hydrogen-bond acceptors (Lipinski definition) is 4.